The van der Waals surface area contributed by atoms with Crippen molar-refractivity contribution < 1.29 is 0 Å². The summed E-state index contributed by atoms with van der Waals surface area (Å²) in [5.41, 5.74) is 0.625. The fourth-order valence-corrected chi connectivity index (χ4v) is 2.13. The Hall–Kier alpha value is -0.0400. The van der Waals surface area contributed by atoms with Crippen molar-refractivity contribution in [2.75, 3.05) is 13.1 Å². The summed E-state index contributed by atoms with van der Waals surface area (Å²) >= 11 is 0. The van der Waals surface area contributed by atoms with E-state index in [9.17, 15) is 0 Å². The molecule has 2 unspecified atom stereocenters. The lowest BCUT2D eigenvalue weighted by Gasteiger charge is -2.40. The highest BCUT2D eigenvalue weighted by molar-refractivity contribution is 4.85. The van der Waals surface area contributed by atoms with Gasteiger partial charge in [0, 0.05) is 0 Å². The SMILES string of the molecule is CCCC1(C)CCNCC1C. The second kappa shape index (κ2) is 3.57. The van der Waals surface area contributed by atoms with Crippen LogP contribution in [0.4, 0.5) is 0 Å². The maximum absolute atomic E-state index is 3.45. The van der Waals surface area contributed by atoms with Crippen molar-refractivity contribution in [3.8, 4) is 0 Å². The Labute approximate surface area is 70.6 Å². The lowest BCUT2D eigenvalue weighted by atomic mass is 9.70. The predicted molar refractivity (Wildman–Crippen MR) is 49.7 cm³/mol. The van der Waals surface area contributed by atoms with Crippen LogP contribution in [0.25, 0.3) is 0 Å². The number of nitrogens with one attached hydrogen (secondary N) is 1. The summed E-state index contributed by atoms with van der Waals surface area (Å²) in [4.78, 5) is 0. The molecule has 0 aromatic rings. The molecule has 0 radical (unpaired) electrons. The van der Waals surface area contributed by atoms with Crippen LogP contribution >= 0.6 is 0 Å². The second-order valence-electron chi connectivity index (χ2n) is 4.26. The molecule has 1 nitrogen and oxygen atoms in total. The van der Waals surface area contributed by atoms with Crippen molar-refractivity contribution in [1.29, 1.82) is 0 Å². The molecule has 0 bridgehead atoms. The Balaban J connectivity index is 2.49. The maximum Gasteiger partial charge on any atom is -0.00179 e. The summed E-state index contributed by atoms with van der Waals surface area (Å²) < 4.78 is 0. The molecule has 1 heterocycles. The first-order chi connectivity index (χ1) is 5.19. The molecule has 0 spiro atoms. The molecular weight excluding hydrogens is 134 g/mol. The minimum atomic E-state index is 0.625. The molecule has 1 N–H and O–H groups in total. The quantitative estimate of drug-likeness (QED) is 0.646. The van der Waals surface area contributed by atoms with Gasteiger partial charge in [-0.1, -0.05) is 27.2 Å². The summed E-state index contributed by atoms with van der Waals surface area (Å²) in [6, 6.07) is 0. The van der Waals surface area contributed by atoms with Gasteiger partial charge in [0.2, 0.25) is 0 Å². The van der Waals surface area contributed by atoms with Crippen molar-refractivity contribution in [3.63, 3.8) is 0 Å². The van der Waals surface area contributed by atoms with Crippen molar-refractivity contribution in [2.24, 2.45) is 11.3 Å². The van der Waals surface area contributed by atoms with E-state index in [1.54, 1.807) is 0 Å². The number of hydrogen-bond acceptors (Lipinski definition) is 1. The molecule has 11 heavy (non-hydrogen) atoms. The van der Waals surface area contributed by atoms with E-state index in [0.29, 0.717) is 5.41 Å². The Bertz CT molecular complexity index is 118. The van der Waals surface area contributed by atoms with Crippen LogP contribution in [0.2, 0.25) is 0 Å². The van der Waals surface area contributed by atoms with E-state index in [2.05, 4.69) is 26.1 Å². The monoisotopic (exact) mass is 155 g/mol. The first kappa shape index (κ1) is 9.05. The van der Waals surface area contributed by atoms with Gasteiger partial charge in [-0.05, 0) is 37.3 Å². The van der Waals surface area contributed by atoms with E-state index in [1.807, 2.05) is 0 Å². The number of hydrogen-bond donors (Lipinski definition) is 1. The van der Waals surface area contributed by atoms with Crippen molar-refractivity contribution >= 4 is 0 Å². The van der Waals surface area contributed by atoms with Gasteiger partial charge < -0.3 is 5.32 Å². The smallest absolute Gasteiger partial charge is 0.00179 e. The molecule has 0 saturated carbocycles. The average Bonchev–Trinajstić information content (AvgIpc) is 1.96. The summed E-state index contributed by atoms with van der Waals surface area (Å²) in [5.74, 6) is 0.858. The molecule has 1 heteroatoms. The molecule has 1 aliphatic rings. The Morgan fingerprint density at radius 2 is 2.27 bits per heavy atom. The molecule has 2 atom stereocenters. The fraction of sp³-hybridized carbons (Fsp3) is 1.00. The van der Waals surface area contributed by atoms with Crippen LogP contribution in [-0.4, -0.2) is 13.1 Å². The van der Waals surface area contributed by atoms with Crippen LogP contribution in [0, 0.1) is 11.3 Å². The van der Waals surface area contributed by atoms with Crippen LogP contribution in [0.15, 0.2) is 0 Å². The first-order valence-electron chi connectivity index (χ1n) is 4.90. The van der Waals surface area contributed by atoms with Gasteiger partial charge in [0.25, 0.3) is 0 Å². The van der Waals surface area contributed by atoms with E-state index in [0.717, 1.165) is 5.92 Å². The lowest BCUT2D eigenvalue weighted by Crippen LogP contribution is -2.41. The van der Waals surface area contributed by atoms with Gasteiger partial charge in [-0.15, -0.1) is 0 Å². The third-order valence-corrected chi connectivity index (χ3v) is 3.33. The molecule has 1 aliphatic heterocycles. The third-order valence-electron chi connectivity index (χ3n) is 3.33. The predicted octanol–water partition coefficient (Wildman–Crippen LogP) is 2.42. The molecule has 1 fully saturated rings. The highest BCUT2D eigenvalue weighted by Gasteiger charge is 2.32. The zero-order valence-corrected chi connectivity index (χ0v) is 8.11. The second-order valence-corrected chi connectivity index (χ2v) is 4.26. The van der Waals surface area contributed by atoms with E-state index in [4.69, 9.17) is 0 Å². The minimum Gasteiger partial charge on any atom is -0.316 e. The Kier molecular flexibility index (Phi) is 2.94. The fourth-order valence-electron chi connectivity index (χ4n) is 2.13. The normalized spacial score (nSPS) is 39.0. The van der Waals surface area contributed by atoms with Crippen LogP contribution in [0.5, 0.6) is 0 Å². The van der Waals surface area contributed by atoms with Gasteiger partial charge in [0.05, 0.1) is 0 Å². The lowest BCUT2D eigenvalue weighted by molar-refractivity contribution is 0.130. The highest BCUT2D eigenvalue weighted by Crippen LogP contribution is 2.37. The molecule has 0 aromatic heterocycles. The van der Waals surface area contributed by atoms with Crippen LogP contribution in [0.1, 0.15) is 40.0 Å². The minimum absolute atomic E-state index is 0.625. The van der Waals surface area contributed by atoms with E-state index in [-0.39, 0.29) is 0 Å². The Morgan fingerprint density at radius 1 is 1.55 bits per heavy atom. The molecular formula is C10H21N. The molecule has 66 valence electrons. The largest absolute Gasteiger partial charge is 0.316 e. The summed E-state index contributed by atoms with van der Waals surface area (Å²) in [6.45, 7) is 9.56. The van der Waals surface area contributed by atoms with Gasteiger partial charge in [0.15, 0.2) is 0 Å². The van der Waals surface area contributed by atoms with Crippen molar-refractivity contribution in [2.45, 2.75) is 40.0 Å². The highest BCUT2D eigenvalue weighted by atomic mass is 14.9. The number of rotatable bonds is 2. The standard InChI is InChI=1S/C10H21N/c1-4-5-10(3)6-7-11-8-9(10)2/h9,11H,4-8H2,1-3H3. The molecule has 1 saturated heterocycles. The molecule has 0 aliphatic carbocycles. The van der Waals surface area contributed by atoms with Gasteiger partial charge in [-0.2, -0.15) is 0 Å². The zero-order valence-electron chi connectivity index (χ0n) is 8.11. The summed E-state index contributed by atoms with van der Waals surface area (Å²) in [7, 11) is 0. The molecule has 1 rings (SSSR count). The van der Waals surface area contributed by atoms with E-state index < -0.39 is 0 Å². The van der Waals surface area contributed by atoms with E-state index >= 15 is 0 Å². The average molecular weight is 155 g/mol. The van der Waals surface area contributed by atoms with Crippen molar-refractivity contribution in [3.05, 3.63) is 0 Å². The maximum atomic E-state index is 3.45. The first-order valence-corrected chi connectivity index (χ1v) is 4.90. The third kappa shape index (κ3) is 1.96. The Morgan fingerprint density at radius 3 is 2.82 bits per heavy atom. The van der Waals surface area contributed by atoms with Gasteiger partial charge >= 0.3 is 0 Å². The summed E-state index contributed by atoms with van der Waals surface area (Å²) in [5, 5.41) is 3.45. The van der Waals surface area contributed by atoms with Gasteiger partial charge in [-0.25, -0.2) is 0 Å². The van der Waals surface area contributed by atoms with Crippen LogP contribution in [0.3, 0.4) is 0 Å². The van der Waals surface area contributed by atoms with E-state index in [1.165, 1.54) is 32.4 Å². The zero-order chi connectivity index (χ0) is 8.32. The van der Waals surface area contributed by atoms with Crippen LogP contribution < -0.4 is 5.32 Å². The molecule has 0 amide bonds. The van der Waals surface area contributed by atoms with Gasteiger partial charge in [0.1, 0.15) is 0 Å². The number of piperidine rings is 1. The van der Waals surface area contributed by atoms with Crippen molar-refractivity contribution in [1.82, 2.24) is 5.32 Å². The topological polar surface area (TPSA) is 12.0 Å². The van der Waals surface area contributed by atoms with Gasteiger partial charge in [-0.3, -0.25) is 0 Å². The molecule has 0 aromatic carbocycles. The summed E-state index contributed by atoms with van der Waals surface area (Å²) in [6.07, 6.45) is 4.10. The van der Waals surface area contributed by atoms with Crippen LogP contribution in [-0.2, 0) is 0 Å².